The second-order valence-corrected chi connectivity index (χ2v) is 9.87. The van der Waals surface area contributed by atoms with Crippen LogP contribution in [0, 0.1) is 5.41 Å². The Hall–Kier alpha value is -3.49. The maximum absolute atomic E-state index is 14.1. The number of sulfone groups is 1. The third-order valence-corrected chi connectivity index (χ3v) is 7.63. The van der Waals surface area contributed by atoms with Crippen molar-refractivity contribution in [2.75, 3.05) is 0 Å². The smallest absolute Gasteiger partial charge is 0.214 e. The average Bonchev–Trinajstić information content (AvgIpc) is 3.24. The number of hydrogen-bond donors (Lipinski definition) is 2. The van der Waals surface area contributed by atoms with Crippen molar-refractivity contribution < 1.29 is 8.42 Å². The maximum atomic E-state index is 14.1. The summed E-state index contributed by atoms with van der Waals surface area (Å²) >= 11 is 6.00. The summed E-state index contributed by atoms with van der Waals surface area (Å²) in [6.07, 6.45) is 12.0. The Kier molecular flexibility index (Phi) is 6.31. The van der Waals surface area contributed by atoms with Gasteiger partial charge >= 0.3 is 0 Å². The lowest BCUT2D eigenvalue weighted by Gasteiger charge is -2.18. The Morgan fingerprint density at radius 2 is 1.88 bits per heavy atom. The first-order valence-corrected chi connectivity index (χ1v) is 12.1. The summed E-state index contributed by atoms with van der Waals surface area (Å²) in [4.78, 5) is 4.04. The van der Waals surface area contributed by atoms with Gasteiger partial charge in [-0.3, -0.25) is 10.4 Å². The number of nitrogens with two attached hydrogens (primary N) is 1. The van der Waals surface area contributed by atoms with E-state index in [-0.39, 0.29) is 5.03 Å². The molecule has 3 aromatic rings. The van der Waals surface area contributed by atoms with Gasteiger partial charge < -0.3 is 5.73 Å². The number of rotatable bonds is 6. The van der Waals surface area contributed by atoms with E-state index in [4.69, 9.17) is 22.7 Å². The van der Waals surface area contributed by atoms with E-state index in [1.807, 2.05) is 18.2 Å². The topological polar surface area (TPSA) is 115 Å². The minimum atomic E-state index is -4.13. The fourth-order valence-corrected chi connectivity index (χ4v) is 5.83. The highest BCUT2D eigenvalue weighted by Gasteiger charge is 2.37. The van der Waals surface area contributed by atoms with E-state index in [0.717, 1.165) is 17.5 Å². The van der Waals surface area contributed by atoms with Gasteiger partial charge in [0.1, 0.15) is 10.9 Å². The van der Waals surface area contributed by atoms with Crippen LogP contribution in [-0.2, 0) is 9.84 Å². The van der Waals surface area contributed by atoms with Crippen molar-refractivity contribution in [3.05, 3.63) is 95.8 Å². The molecule has 0 bridgehead atoms. The molecule has 3 N–H and O–H groups in total. The Morgan fingerprint density at radius 1 is 1.18 bits per heavy atom. The first kappa shape index (κ1) is 22.7. The van der Waals surface area contributed by atoms with Crippen LogP contribution in [0.15, 0.2) is 84.7 Å². The number of nitrogen functional groups attached to an aromatic ring is 1. The number of nitrogens with zero attached hydrogens (tertiary/aromatic N) is 3. The van der Waals surface area contributed by atoms with Crippen molar-refractivity contribution in [2.24, 2.45) is 5.73 Å². The Balaban J connectivity index is 2.04. The molecular weight excluding hydrogens is 458 g/mol. The summed E-state index contributed by atoms with van der Waals surface area (Å²) in [6, 6.07) is 10.0. The van der Waals surface area contributed by atoms with E-state index in [1.54, 1.807) is 48.8 Å². The lowest BCUT2D eigenvalue weighted by molar-refractivity contribution is 0.581. The molecule has 0 radical (unpaired) electrons. The van der Waals surface area contributed by atoms with Crippen molar-refractivity contribution >= 4 is 33.0 Å². The molecule has 0 fully saturated rings. The molecule has 9 heteroatoms. The fourth-order valence-electron chi connectivity index (χ4n) is 3.81. The number of halogens is 1. The largest absolute Gasteiger partial charge is 0.368 e. The highest BCUT2D eigenvalue weighted by molar-refractivity contribution is 7.91. The SMILES string of the molecule is C=CC(c1ccc(Cl)cc1)S(=O)(=O)c1c(C2=CCCC=C2)c(-c2ccncc2)nn1C(=N)N. The Labute approximate surface area is 197 Å². The van der Waals surface area contributed by atoms with E-state index in [0.29, 0.717) is 33.0 Å². The number of aromatic nitrogens is 3. The molecule has 1 atom stereocenters. The Morgan fingerprint density at radius 3 is 2.45 bits per heavy atom. The quantitative estimate of drug-likeness (QED) is 0.300. The highest BCUT2D eigenvalue weighted by atomic mass is 35.5. The first-order chi connectivity index (χ1) is 15.8. The van der Waals surface area contributed by atoms with Gasteiger partial charge in [0.25, 0.3) is 0 Å². The van der Waals surface area contributed by atoms with Crippen LogP contribution in [0.25, 0.3) is 16.8 Å². The molecule has 0 amide bonds. The molecule has 2 heterocycles. The molecular formula is C24H22ClN5O2S. The zero-order chi connectivity index (χ0) is 23.6. The van der Waals surface area contributed by atoms with E-state index >= 15 is 0 Å². The lowest BCUT2D eigenvalue weighted by Crippen LogP contribution is -2.27. The summed E-state index contributed by atoms with van der Waals surface area (Å²) in [6.45, 7) is 3.77. The first-order valence-electron chi connectivity index (χ1n) is 10.2. The Bertz CT molecular complexity index is 1370. The highest BCUT2D eigenvalue weighted by Crippen LogP contribution is 2.40. The molecule has 168 valence electrons. The summed E-state index contributed by atoms with van der Waals surface area (Å²) in [5.74, 6) is -0.505. The molecule has 0 saturated carbocycles. The second kappa shape index (κ2) is 9.17. The van der Waals surface area contributed by atoms with Crippen LogP contribution in [0.5, 0.6) is 0 Å². The molecule has 0 aliphatic heterocycles. The van der Waals surface area contributed by atoms with Gasteiger partial charge in [0.2, 0.25) is 15.8 Å². The molecule has 0 spiro atoms. The van der Waals surface area contributed by atoms with E-state index in [2.05, 4.69) is 16.7 Å². The average molecular weight is 480 g/mol. The molecule has 1 aliphatic carbocycles. The minimum Gasteiger partial charge on any atom is -0.368 e. The van der Waals surface area contributed by atoms with E-state index in [1.165, 1.54) is 6.08 Å². The van der Waals surface area contributed by atoms with Crippen LogP contribution >= 0.6 is 11.6 Å². The summed E-state index contributed by atoms with van der Waals surface area (Å²) in [5.41, 5.74) is 8.50. The van der Waals surface area contributed by atoms with Crippen LogP contribution in [0.2, 0.25) is 5.02 Å². The van der Waals surface area contributed by atoms with Gasteiger partial charge in [-0.15, -0.1) is 6.58 Å². The second-order valence-electron chi connectivity index (χ2n) is 7.45. The molecule has 4 rings (SSSR count). The van der Waals surface area contributed by atoms with Crippen molar-refractivity contribution in [2.45, 2.75) is 23.1 Å². The number of benzene rings is 1. The predicted octanol–water partition coefficient (Wildman–Crippen LogP) is 4.77. The van der Waals surface area contributed by atoms with Crippen LogP contribution in [0.1, 0.15) is 29.2 Å². The third kappa shape index (κ3) is 4.27. The normalized spacial score (nSPS) is 14.5. The van der Waals surface area contributed by atoms with Crippen LogP contribution < -0.4 is 5.73 Å². The number of allylic oxidation sites excluding steroid dienone is 4. The van der Waals surface area contributed by atoms with Crippen LogP contribution in [0.4, 0.5) is 0 Å². The lowest BCUT2D eigenvalue weighted by atomic mass is 9.97. The standard InChI is InChI=1S/C24H22ClN5O2S/c1-2-20(16-8-10-19(25)11-9-16)33(31,32)23-21(17-6-4-3-5-7-17)22(29-30(23)24(26)27)18-12-14-28-15-13-18/h2,4,6-15,20H,1,3,5H2,(H3,26,27). The van der Waals surface area contributed by atoms with Gasteiger partial charge in [0.05, 0.1) is 0 Å². The van der Waals surface area contributed by atoms with Crippen LogP contribution in [-0.4, -0.2) is 29.1 Å². The number of pyridine rings is 1. The van der Waals surface area contributed by atoms with Gasteiger partial charge in [0.15, 0.2) is 5.03 Å². The van der Waals surface area contributed by atoms with Crippen LogP contribution in [0.3, 0.4) is 0 Å². The monoisotopic (exact) mass is 479 g/mol. The molecule has 7 nitrogen and oxygen atoms in total. The maximum Gasteiger partial charge on any atom is 0.214 e. The summed E-state index contributed by atoms with van der Waals surface area (Å²) in [5, 5.41) is 11.8. The van der Waals surface area contributed by atoms with Crippen molar-refractivity contribution in [3.8, 4) is 11.3 Å². The van der Waals surface area contributed by atoms with Gasteiger partial charge in [-0.05, 0) is 48.2 Å². The fraction of sp³-hybridized carbons (Fsp3) is 0.125. The molecule has 2 aromatic heterocycles. The zero-order valence-corrected chi connectivity index (χ0v) is 19.2. The molecule has 0 saturated heterocycles. The molecule has 1 aromatic carbocycles. The van der Waals surface area contributed by atoms with Gasteiger partial charge in [-0.1, -0.05) is 48.0 Å². The summed E-state index contributed by atoms with van der Waals surface area (Å²) < 4.78 is 29.2. The van der Waals surface area contributed by atoms with Gasteiger partial charge in [-0.25, -0.2) is 8.42 Å². The van der Waals surface area contributed by atoms with Crippen molar-refractivity contribution in [1.29, 1.82) is 5.41 Å². The van der Waals surface area contributed by atoms with Crippen molar-refractivity contribution in [3.63, 3.8) is 0 Å². The van der Waals surface area contributed by atoms with E-state index in [9.17, 15) is 8.42 Å². The van der Waals surface area contributed by atoms with E-state index < -0.39 is 21.0 Å². The number of hydrogen-bond acceptors (Lipinski definition) is 5. The summed E-state index contributed by atoms with van der Waals surface area (Å²) in [7, 11) is -4.13. The molecule has 1 unspecified atom stereocenters. The molecule has 1 aliphatic rings. The van der Waals surface area contributed by atoms with Gasteiger partial charge in [-0.2, -0.15) is 9.78 Å². The molecule has 33 heavy (non-hydrogen) atoms. The minimum absolute atomic E-state index is 0.153. The third-order valence-electron chi connectivity index (χ3n) is 5.33. The number of nitrogens with one attached hydrogen (secondary N) is 1. The van der Waals surface area contributed by atoms with Crippen molar-refractivity contribution in [1.82, 2.24) is 14.8 Å². The predicted molar refractivity (Wildman–Crippen MR) is 131 cm³/mol. The van der Waals surface area contributed by atoms with Gasteiger partial charge in [0, 0.05) is 28.5 Å². The zero-order valence-electron chi connectivity index (χ0n) is 17.6.